The average Bonchev–Trinajstić information content (AvgIpc) is 3.27. The van der Waals surface area contributed by atoms with Crippen LogP contribution in [0, 0.1) is 0 Å². The monoisotopic (exact) mass is 487 g/mol. The topological polar surface area (TPSA) is 88.2 Å². The second-order valence-electron chi connectivity index (χ2n) is 8.25. The van der Waals surface area contributed by atoms with Gasteiger partial charge in [0.25, 0.3) is 5.91 Å². The van der Waals surface area contributed by atoms with Crippen molar-refractivity contribution in [2.45, 2.75) is 36.9 Å². The Bertz CT molecular complexity index is 954. The van der Waals surface area contributed by atoms with Crippen LogP contribution in [0.1, 0.15) is 25.3 Å². The normalized spacial score (nSPS) is 25.2. The number of rotatable bonds is 5. The van der Waals surface area contributed by atoms with E-state index in [0.29, 0.717) is 50.6 Å². The number of alkyl halides is 3. The summed E-state index contributed by atoms with van der Waals surface area (Å²) in [4.78, 5) is 40.1. The van der Waals surface area contributed by atoms with Gasteiger partial charge in [-0.05, 0) is 31.5 Å². The van der Waals surface area contributed by atoms with Crippen molar-refractivity contribution in [3.8, 4) is 0 Å². The lowest BCUT2D eigenvalue weighted by atomic mass is 10.1. The Balaban J connectivity index is 1.43. The zero-order valence-electron chi connectivity index (χ0n) is 17.9. The van der Waals surface area contributed by atoms with Crippen molar-refractivity contribution in [1.29, 1.82) is 0 Å². The lowest BCUT2D eigenvalue weighted by molar-refractivity contribution is -0.155. The molecule has 3 fully saturated rings. The molecule has 33 heavy (non-hydrogen) atoms. The average molecular weight is 488 g/mol. The predicted molar refractivity (Wildman–Crippen MR) is 115 cm³/mol. The van der Waals surface area contributed by atoms with Gasteiger partial charge in [0.2, 0.25) is 5.91 Å². The Labute approximate surface area is 192 Å². The third-order valence-corrected chi connectivity index (χ3v) is 7.52. The van der Waals surface area contributed by atoms with Crippen LogP contribution >= 0.6 is 11.8 Å². The van der Waals surface area contributed by atoms with Crippen molar-refractivity contribution < 1.29 is 37.0 Å². The first-order chi connectivity index (χ1) is 15.6. The number of fused-ring (bicyclic) bond motifs is 1. The lowest BCUT2D eigenvalue weighted by Gasteiger charge is -2.31. The van der Waals surface area contributed by atoms with Gasteiger partial charge >= 0.3 is 12.1 Å². The molecule has 1 aromatic rings. The first-order valence-electron chi connectivity index (χ1n) is 10.5. The maximum Gasteiger partial charge on any atom is 0.416 e. The highest BCUT2D eigenvalue weighted by molar-refractivity contribution is 8.01. The maximum absolute atomic E-state index is 13.2. The Kier molecular flexibility index (Phi) is 6.50. The molecule has 0 aromatic heterocycles. The zero-order chi connectivity index (χ0) is 23.8. The molecule has 1 aromatic carbocycles. The van der Waals surface area contributed by atoms with Gasteiger partial charge in [0, 0.05) is 25.3 Å². The lowest BCUT2D eigenvalue weighted by Crippen LogP contribution is -2.47. The summed E-state index contributed by atoms with van der Waals surface area (Å²) in [5, 5.41) is 2.44. The number of esters is 1. The summed E-state index contributed by atoms with van der Waals surface area (Å²) in [6.07, 6.45) is -3.58. The van der Waals surface area contributed by atoms with E-state index in [4.69, 9.17) is 9.47 Å². The highest BCUT2D eigenvalue weighted by Gasteiger charge is 2.53. The third kappa shape index (κ3) is 4.91. The molecule has 8 nitrogen and oxygen atoms in total. The fourth-order valence-corrected chi connectivity index (χ4v) is 5.72. The minimum atomic E-state index is -4.58. The number of ether oxygens (including phenoxy) is 2. The number of benzene rings is 1. The quantitative estimate of drug-likeness (QED) is 0.639. The minimum Gasteiger partial charge on any atom is -0.454 e. The van der Waals surface area contributed by atoms with Crippen LogP contribution in [0.4, 0.5) is 24.5 Å². The van der Waals surface area contributed by atoms with Gasteiger partial charge in [-0.2, -0.15) is 13.2 Å². The molecule has 1 N–H and O–H groups in total. The Morgan fingerprint density at radius 1 is 1.30 bits per heavy atom. The fourth-order valence-electron chi connectivity index (χ4n) is 4.31. The molecular formula is C21H24F3N3O5S. The standard InChI is InChI=1S/C21H24F3N3O5S/c1-20-5-4-18(29)27(20)16(12-33-20)19(30)32-11-17(28)25-14-10-13(21(22,23)24)2-3-15(14)26-6-8-31-9-7-26/h2-3,10,16H,4-9,11-12H2,1H3,(H,25,28)/t16-,20-/m0/s1. The summed E-state index contributed by atoms with van der Waals surface area (Å²) in [6, 6.07) is 2.36. The van der Waals surface area contributed by atoms with E-state index in [1.54, 1.807) is 0 Å². The van der Waals surface area contributed by atoms with Gasteiger partial charge < -0.3 is 24.6 Å². The van der Waals surface area contributed by atoms with Crippen molar-refractivity contribution in [3.05, 3.63) is 23.8 Å². The summed E-state index contributed by atoms with van der Waals surface area (Å²) in [5.74, 6) is -1.22. The molecule has 180 valence electrons. The van der Waals surface area contributed by atoms with Crippen LogP contribution in [-0.4, -0.2) is 72.3 Å². The van der Waals surface area contributed by atoms with E-state index in [1.165, 1.54) is 22.7 Å². The van der Waals surface area contributed by atoms with Gasteiger partial charge in [-0.1, -0.05) is 0 Å². The molecule has 0 aliphatic carbocycles. The predicted octanol–water partition coefficient (Wildman–Crippen LogP) is 2.48. The van der Waals surface area contributed by atoms with Crippen molar-refractivity contribution in [2.24, 2.45) is 0 Å². The molecule has 0 saturated carbocycles. The van der Waals surface area contributed by atoms with Crippen LogP contribution in [0.3, 0.4) is 0 Å². The van der Waals surface area contributed by atoms with Gasteiger partial charge in [-0.25, -0.2) is 4.79 Å². The van der Waals surface area contributed by atoms with E-state index in [9.17, 15) is 27.6 Å². The Morgan fingerprint density at radius 3 is 2.73 bits per heavy atom. The number of hydrogen-bond donors (Lipinski definition) is 1. The second-order valence-corrected chi connectivity index (χ2v) is 9.75. The molecule has 2 atom stereocenters. The number of halogens is 3. The van der Waals surface area contributed by atoms with Crippen molar-refractivity contribution in [1.82, 2.24) is 4.90 Å². The molecule has 12 heteroatoms. The van der Waals surface area contributed by atoms with Crippen molar-refractivity contribution in [2.75, 3.05) is 48.9 Å². The van der Waals surface area contributed by atoms with Crippen LogP contribution in [0.15, 0.2) is 18.2 Å². The van der Waals surface area contributed by atoms with Crippen molar-refractivity contribution >= 4 is 40.9 Å². The van der Waals surface area contributed by atoms with E-state index < -0.39 is 41.1 Å². The van der Waals surface area contributed by atoms with Crippen molar-refractivity contribution in [3.63, 3.8) is 0 Å². The molecule has 2 amide bonds. The van der Waals surface area contributed by atoms with Gasteiger partial charge in [0.15, 0.2) is 6.61 Å². The number of thioether (sulfide) groups is 1. The molecule has 0 spiro atoms. The molecule has 3 heterocycles. The maximum atomic E-state index is 13.2. The van der Waals surface area contributed by atoms with Crippen LogP contribution in [-0.2, 0) is 30.0 Å². The molecule has 3 aliphatic heterocycles. The summed E-state index contributed by atoms with van der Waals surface area (Å²) in [6.45, 7) is 2.98. The number of morpholine rings is 1. The number of hydrogen-bond acceptors (Lipinski definition) is 7. The number of anilines is 2. The summed E-state index contributed by atoms with van der Waals surface area (Å²) in [5.41, 5.74) is -0.496. The van der Waals surface area contributed by atoms with Gasteiger partial charge in [-0.3, -0.25) is 9.59 Å². The Morgan fingerprint density at radius 2 is 2.03 bits per heavy atom. The van der Waals surface area contributed by atoms with E-state index in [1.807, 2.05) is 11.8 Å². The summed E-state index contributed by atoms with van der Waals surface area (Å²) < 4.78 is 50.1. The number of carbonyl (C=O) groups excluding carboxylic acids is 3. The van der Waals surface area contributed by atoms with E-state index in [-0.39, 0.29) is 11.6 Å². The number of nitrogens with one attached hydrogen (secondary N) is 1. The second kappa shape index (κ2) is 9.05. The molecule has 3 aliphatic rings. The molecule has 0 unspecified atom stereocenters. The number of amides is 2. The molecule has 4 rings (SSSR count). The molecule has 3 saturated heterocycles. The molecule has 0 bridgehead atoms. The van der Waals surface area contributed by atoms with Crippen LogP contribution in [0.2, 0.25) is 0 Å². The van der Waals surface area contributed by atoms with Crippen LogP contribution in [0.5, 0.6) is 0 Å². The van der Waals surface area contributed by atoms with Gasteiger partial charge in [0.05, 0.1) is 35.0 Å². The SMILES string of the molecule is C[C@]12CCC(=O)N1[C@H](C(=O)OCC(=O)Nc1cc(C(F)(F)F)ccc1N1CCOCC1)CS2. The first-order valence-corrected chi connectivity index (χ1v) is 11.5. The van der Waals surface area contributed by atoms with E-state index >= 15 is 0 Å². The van der Waals surface area contributed by atoms with E-state index in [0.717, 1.165) is 12.1 Å². The number of carbonyl (C=O) groups is 3. The zero-order valence-corrected chi connectivity index (χ0v) is 18.8. The highest BCUT2D eigenvalue weighted by Crippen LogP contribution is 2.47. The fraction of sp³-hybridized carbons (Fsp3) is 0.571. The van der Waals surface area contributed by atoms with E-state index in [2.05, 4.69) is 5.32 Å². The smallest absolute Gasteiger partial charge is 0.416 e. The minimum absolute atomic E-state index is 0.0218. The van der Waals surface area contributed by atoms with Crippen LogP contribution < -0.4 is 10.2 Å². The van der Waals surface area contributed by atoms with Crippen LogP contribution in [0.25, 0.3) is 0 Å². The third-order valence-electron chi connectivity index (χ3n) is 6.01. The number of nitrogens with zero attached hydrogens (tertiary/aromatic N) is 2. The largest absolute Gasteiger partial charge is 0.454 e. The Hall–Kier alpha value is -2.47. The molecular weight excluding hydrogens is 463 g/mol. The summed E-state index contributed by atoms with van der Waals surface area (Å²) in [7, 11) is 0. The first kappa shape index (κ1) is 23.7. The van der Waals surface area contributed by atoms with Gasteiger partial charge in [-0.15, -0.1) is 11.8 Å². The summed E-state index contributed by atoms with van der Waals surface area (Å²) >= 11 is 1.50. The molecule has 0 radical (unpaired) electrons. The van der Waals surface area contributed by atoms with Gasteiger partial charge in [0.1, 0.15) is 6.04 Å². The highest BCUT2D eigenvalue weighted by atomic mass is 32.2.